The van der Waals surface area contributed by atoms with Gasteiger partial charge in [-0.15, -0.1) is 0 Å². The first-order valence-corrected chi connectivity index (χ1v) is 6.58. The molecule has 0 N–H and O–H groups in total. The summed E-state index contributed by atoms with van der Waals surface area (Å²) in [6.45, 7) is 1.33. The van der Waals surface area contributed by atoms with Crippen molar-refractivity contribution in [1.29, 1.82) is 0 Å². The van der Waals surface area contributed by atoms with Crippen molar-refractivity contribution >= 4 is 16.1 Å². The average molecular weight is 306 g/mol. The number of hydrogen-bond acceptors (Lipinski definition) is 6. The molecule has 0 saturated heterocycles. The molecule has 0 amide bonds. The summed E-state index contributed by atoms with van der Waals surface area (Å²) < 4.78 is 41.8. The van der Waals surface area contributed by atoms with Crippen LogP contribution in [0.1, 0.15) is 6.92 Å². The molecule has 20 heavy (non-hydrogen) atoms. The van der Waals surface area contributed by atoms with Crippen molar-refractivity contribution in [2.24, 2.45) is 0 Å². The van der Waals surface area contributed by atoms with Crippen LogP contribution in [-0.4, -0.2) is 32.2 Å². The summed E-state index contributed by atoms with van der Waals surface area (Å²) in [6.07, 6.45) is 0. The molecule has 102 valence electrons. The Morgan fingerprint density at radius 1 is 1.20 bits per heavy atom. The van der Waals surface area contributed by atoms with Crippen LogP contribution in [-0.2, 0) is 19.6 Å². The molecule has 0 unspecified atom stereocenters. The summed E-state index contributed by atoms with van der Waals surface area (Å²) in [6, 6.07) is 5.03. The normalized spacial score (nSPS) is 9.70. The predicted octanol–water partition coefficient (Wildman–Crippen LogP) is -2.46. The monoisotopic (exact) mass is 306 g/mol. The third kappa shape index (κ3) is 7.53. The molecule has 0 aliphatic rings. The van der Waals surface area contributed by atoms with Crippen LogP contribution >= 0.6 is 0 Å². The zero-order valence-electron chi connectivity index (χ0n) is 11.1. The van der Waals surface area contributed by atoms with Gasteiger partial charge in [0.1, 0.15) is 22.5 Å². The van der Waals surface area contributed by atoms with Gasteiger partial charge < -0.3 is 14.0 Å². The molecule has 6 nitrogen and oxygen atoms in total. The van der Waals surface area contributed by atoms with Crippen LogP contribution in [0.2, 0.25) is 0 Å². The Kier molecular flexibility index (Phi) is 8.53. The first kappa shape index (κ1) is 19.0. The largest absolute Gasteiger partial charge is 1.00 e. The van der Waals surface area contributed by atoms with E-state index in [0.29, 0.717) is 5.75 Å². The first-order chi connectivity index (χ1) is 8.89. The summed E-state index contributed by atoms with van der Waals surface area (Å²) in [5.74, 6) is 5.13. The number of hydrogen-bond donors (Lipinski definition) is 0. The Morgan fingerprint density at radius 3 is 2.25 bits per heavy atom. The van der Waals surface area contributed by atoms with E-state index < -0.39 is 16.1 Å². The molecule has 0 aliphatic carbocycles. The number of carbonyl (C=O) groups excluding carboxylic acids is 1. The van der Waals surface area contributed by atoms with Gasteiger partial charge in [-0.2, -0.15) is 0 Å². The van der Waals surface area contributed by atoms with Gasteiger partial charge >= 0.3 is 35.5 Å². The third-order valence-electron chi connectivity index (χ3n) is 1.90. The molecule has 0 fully saturated rings. The van der Waals surface area contributed by atoms with Gasteiger partial charge in [-0.3, -0.25) is 4.79 Å². The van der Waals surface area contributed by atoms with E-state index in [1.54, 1.807) is 0 Å². The van der Waals surface area contributed by atoms with Gasteiger partial charge in [-0.05, 0) is 24.3 Å². The van der Waals surface area contributed by atoms with Crippen LogP contribution in [0, 0.1) is 11.8 Å². The van der Waals surface area contributed by atoms with E-state index in [-0.39, 0.29) is 47.7 Å². The second-order valence-corrected chi connectivity index (χ2v) is 4.73. The first-order valence-electron chi connectivity index (χ1n) is 5.17. The van der Waals surface area contributed by atoms with Crippen molar-refractivity contribution < 1.29 is 56.8 Å². The van der Waals surface area contributed by atoms with Crippen LogP contribution in [0.4, 0.5) is 0 Å². The van der Waals surface area contributed by atoms with Crippen LogP contribution in [0.25, 0.3) is 0 Å². The van der Waals surface area contributed by atoms with E-state index in [9.17, 15) is 17.8 Å². The molecule has 1 rings (SSSR count). The molecular weight excluding hydrogens is 295 g/mol. The van der Waals surface area contributed by atoms with E-state index >= 15 is 0 Å². The molecule has 0 bridgehead atoms. The molecule has 0 spiro atoms. The van der Waals surface area contributed by atoms with Crippen LogP contribution in [0.3, 0.4) is 0 Å². The average Bonchev–Trinajstić information content (AvgIpc) is 2.32. The predicted molar refractivity (Wildman–Crippen MR) is 64.3 cm³/mol. The molecule has 0 heterocycles. The Hall–Kier alpha value is -1.04. The van der Waals surface area contributed by atoms with Crippen molar-refractivity contribution in [3.05, 3.63) is 24.3 Å². The van der Waals surface area contributed by atoms with Crippen LogP contribution in [0.5, 0.6) is 5.75 Å². The van der Waals surface area contributed by atoms with Crippen molar-refractivity contribution in [1.82, 2.24) is 0 Å². The minimum Gasteiger partial charge on any atom is -0.744 e. The second-order valence-electron chi connectivity index (χ2n) is 3.35. The van der Waals surface area contributed by atoms with E-state index in [2.05, 4.69) is 16.6 Å². The smallest absolute Gasteiger partial charge is 0.744 e. The zero-order valence-corrected chi connectivity index (χ0v) is 13.9. The molecule has 1 aromatic rings. The molecule has 1 aromatic carbocycles. The quantitative estimate of drug-likeness (QED) is 0.265. The fraction of sp³-hybridized carbons (Fsp3) is 0.250. The molecule has 8 heteroatoms. The Balaban J connectivity index is 0.00000361. The van der Waals surface area contributed by atoms with Crippen LogP contribution < -0.4 is 34.3 Å². The van der Waals surface area contributed by atoms with Crippen molar-refractivity contribution in [3.63, 3.8) is 0 Å². The Labute approximate surface area is 139 Å². The number of carbonyl (C=O) groups is 1. The van der Waals surface area contributed by atoms with Gasteiger partial charge in [-0.1, -0.05) is 11.8 Å². The van der Waals surface area contributed by atoms with Gasteiger partial charge in [0, 0.05) is 6.92 Å². The van der Waals surface area contributed by atoms with Crippen LogP contribution in [0.15, 0.2) is 29.2 Å². The summed E-state index contributed by atoms with van der Waals surface area (Å²) in [7, 11) is -4.44. The van der Waals surface area contributed by atoms with Crippen molar-refractivity contribution in [3.8, 4) is 17.6 Å². The molecule has 0 radical (unpaired) electrons. The topological polar surface area (TPSA) is 92.7 Å². The zero-order chi connectivity index (χ0) is 14.3. The maximum absolute atomic E-state index is 10.7. The second kappa shape index (κ2) is 9.00. The van der Waals surface area contributed by atoms with E-state index in [0.717, 1.165) is 12.1 Å². The van der Waals surface area contributed by atoms with Gasteiger partial charge in [0.15, 0.2) is 6.61 Å². The number of rotatable bonds is 4. The SMILES string of the molecule is CC(=O)OCC#CCOc1ccc(S(=O)(=O)[O-])cc1.[Na+]. The number of benzene rings is 1. The van der Waals surface area contributed by atoms with E-state index in [1.807, 2.05) is 0 Å². The van der Waals surface area contributed by atoms with Gasteiger partial charge in [0.05, 0.1) is 4.90 Å². The summed E-state index contributed by atoms with van der Waals surface area (Å²) in [5, 5.41) is 0. The molecule has 0 saturated carbocycles. The maximum atomic E-state index is 10.7. The maximum Gasteiger partial charge on any atom is 1.00 e. The third-order valence-corrected chi connectivity index (χ3v) is 2.75. The molecule has 0 atom stereocenters. The Bertz CT molecular complexity index is 597. The minimum atomic E-state index is -4.44. The fourth-order valence-corrected chi connectivity index (χ4v) is 1.53. The van der Waals surface area contributed by atoms with Gasteiger partial charge in [0.25, 0.3) is 0 Å². The number of ether oxygens (including phenoxy) is 2. The van der Waals surface area contributed by atoms with E-state index in [4.69, 9.17) is 4.74 Å². The standard InChI is InChI=1S/C12H12O6S.Na/c1-10(13)17-8-2-3-9-18-11-4-6-12(7-5-11)19(14,15)16;/h4-7H,8-9H2,1H3,(H,14,15,16);/q;+1/p-1. The summed E-state index contributed by atoms with van der Waals surface area (Å²) >= 11 is 0. The minimum absolute atomic E-state index is 0. The molecule has 0 aliphatic heterocycles. The number of esters is 1. The Morgan fingerprint density at radius 2 is 1.75 bits per heavy atom. The van der Waals surface area contributed by atoms with Crippen molar-refractivity contribution in [2.75, 3.05) is 13.2 Å². The molecule has 0 aromatic heterocycles. The fourth-order valence-electron chi connectivity index (χ4n) is 1.06. The molecular formula is C12H11NaO6S. The van der Waals surface area contributed by atoms with Crippen molar-refractivity contribution in [2.45, 2.75) is 11.8 Å². The van der Waals surface area contributed by atoms with Gasteiger partial charge in [0.2, 0.25) is 0 Å². The van der Waals surface area contributed by atoms with Gasteiger partial charge in [-0.25, -0.2) is 8.42 Å². The van der Waals surface area contributed by atoms with E-state index in [1.165, 1.54) is 19.1 Å². The summed E-state index contributed by atoms with van der Waals surface area (Å²) in [4.78, 5) is 10.1. The summed E-state index contributed by atoms with van der Waals surface area (Å²) in [5.41, 5.74) is 0.